The largest absolute Gasteiger partial charge is 0.345 e. The molecule has 4 heteroatoms. The molecule has 2 aromatic rings. The smallest absolute Gasteiger partial charge is 0.103 e. The first-order chi connectivity index (χ1) is 6.84. The van der Waals surface area contributed by atoms with E-state index in [1.807, 2.05) is 13.1 Å². The van der Waals surface area contributed by atoms with Gasteiger partial charge in [0.2, 0.25) is 0 Å². The molecule has 0 fully saturated rings. The summed E-state index contributed by atoms with van der Waals surface area (Å²) in [6, 6.07) is 4.21. The number of hydrogen-bond acceptors (Lipinski definition) is 3. The van der Waals surface area contributed by atoms with Crippen LogP contribution in [-0.4, -0.2) is 9.97 Å². The molecular formula is C10H13N3S. The third kappa shape index (κ3) is 2.43. The van der Waals surface area contributed by atoms with Crippen molar-refractivity contribution in [2.45, 2.75) is 20.0 Å². The molecule has 2 aromatic heterocycles. The highest BCUT2D eigenvalue weighted by molar-refractivity contribution is 7.09. The Morgan fingerprint density at radius 1 is 1.50 bits per heavy atom. The topological polar surface area (TPSA) is 40.7 Å². The first-order valence-electron chi connectivity index (χ1n) is 4.58. The van der Waals surface area contributed by atoms with Crippen LogP contribution in [0.1, 0.15) is 16.4 Å². The number of rotatable bonds is 4. The summed E-state index contributed by atoms with van der Waals surface area (Å²) < 4.78 is 0. The lowest BCUT2D eigenvalue weighted by molar-refractivity contribution is 0.688. The minimum atomic E-state index is 0.846. The van der Waals surface area contributed by atoms with E-state index in [0.29, 0.717) is 0 Å². The summed E-state index contributed by atoms with van der Waals surface area (Å²) in [5.41, 5.74) is 1.14. The maximum atomic E-state index is 4.14. The van der Waals surface area contributed by atoms with Gasteiger partial charge < -0.3 is 10.3 Å². The van der Waals surface area contributed by atoms with Gasteiger partial charge in [0.1, 0.15) is 5.82 Å². The van der Waals surface area contributed by atoms with E-state index in [9.17, 15) is 0 Å². The molecule has 14 heavy (non-hydrogen) atoms. The van der Waals surface area contributed by atoms with Crippen LogP contribution in [-0.2, 0) is 13.1 Å². The first kappa shape index (κ1) is 9.43. The van der Waals surface area contributed by atoms with Crippen molar-refractivity contribution in [3.63, 3.8) is 0 Å². The Hall–Kier alpha value is -1.13. The van der Waals surface area contributed by atoms with E-state index in [1.165, 1.54) is 4.88 Å². The van der Waals surface area contributed by atoms with Crippen LogP contribution in [0.25, 0.3) is 0 Å². The van der Waals surface area contributed by atoms with Gasteiger partial charge in [0.25, 0.3) is 0 Å². The molecule has 2 N–H and O–H groups in total. The molecule has 0 aliphatic rings. The summed E-state index contributed by atoms with van der Waals surface area (Å²) in [5.74, 6) is 0.970. The van der Waals surface area contributed by atoms with Crippen molar-refractivity contribution >= 4 is 11.3 Å². The number of aryl methyl sites for hydroxylation is 1. The zero-order valence-electron chi connectivity index (χ0n) is 8.08. The van der Waals surface area contributed by atoms with Crippen LogP contribution in [0.2, 0.25) is 0 Å². The van der Waals surface area contributed by atoms with Gasteiger partial charge in [0, 0.05) is 29.9 Å². The van der Waals surface area contributed by atoms with Gasteiger partial charge in [-0.25, -0.2) is 4.98 Å². The summed E-state index contributed by atoms with van der Waals surface area (Å²) in [4.78, 5) is 8.69. The molecule has 0 spiro atoms. The van der Waals surface area contributed by atoms with Crippen LogP contribution in [0.4, 0.5) is 0 Å². The number of aromatic nitrogens is 2. The number of thiophene rings is 1. The molecule has 0 aliphatic carbocycles. The maximum absolute atomic E-state index is 4.14. The predicted molar refractivity (Wildman–Crippen MR) is 58.2 cm³/mol. The van der Waals surface area contributed by atoms with Gasteiger partial charge in [-0.05, 0) is 18.4 Å². The molecular weight excluding hydrogens is 194 g/mol. The van der Waals surface area contributed by atoms with Crippen LogP contribution in [0.5, 0.6) is 0 Å². The molecule has 0 saturated heterocycles. The lowest BCUT2D eigenvalue weighted by atomic mass is 10.4. The van der Waals surface area contributed by atoms with E-state index in [-0.39, 0.29) is 0 Å². The molecule has 0 aliphatic heterocycles. The third-order valence-electron chi connectivity index (χ3n) is 1.95. The molecule has 0 atom stereocenters. The average Bonchev–Trinajstić information content (AvgIpc) is 2.77. The van der Waals surface area contributed by atoms with Crippen LogP contribution >= 0.6 is 11.3 Å². The molecule has 0 bridgehead atoms. The third-order valence-corrected chi connectivity index (χ3v) is 2.83. The van der Waals surface area contributed by atoms with Crippen LogP contribution in [0.15, 0.2) is 23.7 Å². The van der Waals surface area contributed by atoms with Crippen LogP contribution in [0, 0.1) is 6.92 Å². The fourth-order valence-electron chi connectivity index (χ4n) is 1.30. The van der Waals surface area contributed by atoms with E-state index in [2.05, 4.69) is 32.8 Å². The maximum Gasteiger partial charge on any atom is 0.103 e. The normalized spacial score (nSPS) is 10.6. The summed E-state index contributed by atoms with van der Waals surface area (Å²) in [6.45, 7) is 3.73. The lowest BCUT2D eigenvalue weighted by Crippen LogP contribution is -2.11. The summed E-state index contributed by atoms with van der Waals surface area (Å²) >= 11 is 1.77. The SMILES string of the molecule is Cc1ncc(CNCc2cccs2)[nH]1. The van der Waals surface area contributed by atoms with E-state index < -0.39 is 0 Å². The van der Waals surface area contributed by atoms with Gasteiger partial charge >= 0.3 is 0 Å². The molecule has 2 rings (SSSR count). The second-order valence-corrected chi connectivity index (χ2v) is 4.21. The molecule has 2 heterocycles. The summed E-state index contributed by atoms with van der Waals surface area (Å²) in [6.07, 6.45) is 1.87. The minimum Gasteiger partial charge on any atom is -0.345 e. The molecule has 0 saturated carbocycles. The Bertz CT molecular complexity index is 378. The first-order valence-corrected chi connectivity index (χ1v) is 5.46. The van der Waals surface area contributed by atoms with Gasteiger partial charge in [-0.15, -0.1) is 11.3 Å². The predicted octanol–water partition coefficient (Wildman–Crippen LogP) is 2.07. The minimum absolute atomic E-state index is 0.846. The Morgan fingerprint density at radius 3 is 3.07 bits per heavy atom. The van der Waals surface area contributed by atoms with E-state index in [1.54, 1.807) is 11.3 Å². The van der Waals surface area contributed by atoms with E-state index in [0.717, 1.165) is 24.6 Å². The molecule has 3 nitrogen and oxygen atoms in total. The van der Waals surface area contributed by atoms with Crippen molar-refractivity contribution in [3.8, 4) is 0 Å². The van der Waals surface area contributed by atoms with Crippen molar-refractivity contribution in [3.05, 3.63) is 40.1 Å². The van der Waals surface area contributed by atoms with Gasteiger partial charge in [-0.2, -0.15) is 0 Å². The number of hydrogen-bond donors (Lipinski definition) is 2. The van der Waals surface area contributed by atoms with Crippen LogP contribution < -0.4 is 5.32 Å². The Kier molecular flexibility index (Phi) is 2.96. The van der Waals surface area contributed by atoms with Crippen molar-refractivity contribution in [2.24, 2.45) is 0 Å². The number of nitrogens with zero attached hydrogens (tertiary/aromatic N) is 1. The van der Waals surface area contributed by atoms with Gasteiger partial charge in [-0.1, -0.05) is 6.07 Å². The summed E-state index contributed by atoms with van der Waals surface area (Å²) in [7, 11) is 0. The molecule has 0 aromatic carbocycles. The fraction of sp³-hybridized carbons (Fsp3) is 0.300. The quantitative estimate of drug-likeness (QED) is 0.805. The van der Waals surface area contributed by atoms with E-state index >= 15 is 0 Å². The van der Waals surface area contributed by atoms with Crippen LogP contribution in [0.3, 0.4) is 0 Å². The molecule has 0 unspecified atom stereocenters. The molecule has 0 radical (unpaired) electrons. The second kappa shape index (κ2) is 4.39. The number of aromatic amines is 1. The Balaban J connectivity index is 1.78. The molecule has 74 valence electrons. The molecule has 0 amide bonds. The standard InChI is InChI=1S/C10H13N3S/c1-8-12-6-9(13-8)5-11-7-10-3-2-4-14-10/h2-4,6,11H,5,7H2,1H3,(H,12,13). The number of imidazole rings is 1. The lowest BCUT2D eigenvalue weighted by Gasteiger charge is -1.99. The Morgan fingerprint density at radius 2 is 2.43 bits per heavy atom. The fourth-order valence-corrected chi connectivity index (χ4v) is 1.97. The zero-order chi connectivity index (χ0) is 9.80. The average molecular weight is 207 g/mol. The van der Waals surface area contributed by atoms with Gasteiger partial charge in [0.15, 0.2) is 0 Å². The van der Waals surface area contributed by atoms with Crippen molar-refractivity contribution in [2.75, 3.05) is 0 Å². The van der Waals surface area contributed by atoms with Crippen molar-refractivity contribution in [1.82, 2.24) is 15.3 Å². The highest BCUT2D eigenvalue weighted by Gasteiger charge is 1.96. The highest BCUT2D eigenvalue weighted by Crippen LogP contribution is 2.07. The van der Waals surface area contributed by atoms with Crippen molar-refractivity contribution in [1.29, 1.82) is 0 Å². The van der Waals surface area contributed by atoms with E-state index in [4.69, 9.17) is 0 Å². The number of H-pyrrole nitrogens is 1. The second-order valence-electron chi connectivity index (χ2n) is 3.18. The van der Waals surface area contributed by atoms with Gasteiger partial charge in [0.05, 0.1) is 0 Å². The van der Waals surface area contributed by atoms with Gasteiger partial charge in [-0.3, -0.25) is 0 Å². The monoisotopic (exact) mass is 207 g/mol. The Labute approximate surface area is 87.2 Å². The van der Waals surface area contributed by atoms with Crippen molar-refractivity contribution < 1.29 is 0 Å². The highest BCUT2D eigenvalue weighted by atomic mass is 32.1. The summed E-state index contributed by atoms with van der Waals surface area (Å²) in [5, 5.41) is 5.45. The number of nitrogens with one attached hydrogen (secondary N) is 2. The zero-order valence-corrected chi connectivity index (χ0v) is 8.90.